The predicted molar refractivity (Wildman–Crippen MR) is 167 cm³/mol. The van der Waals surface area contributed by atoms with Crippen LogP contribution in [0.5, 0.6) is 0 Å². The Bertz CT molecular complexity index is 2120. The van der Waals surface area contributed by atoms with Crippen LogP contribution in [0.15, 0.2) is 121 Å². The average molecular weight is 627 g/mol. The van der Waals surface area contributed by atoms with Crippen LogP contribution in [0.1, 0.15) is 11.1 Å². The Balaban J connectivity index is 1.14. The van der Waals surface area contributed by atoms with Crippen molar-refractivity contribution in [3.63, 3.8) is 0 Å². The van der Waals surface area contributed by atoms with Crippen molar-refractivity contribution in [1.82, 2.24) is 9.97 Å². The summed E-state index contributed by atoms with van der Waals surface area (Å²) in [6.07, 6.45) is -7.98. The molecule has 45 heavy (non-hydrogen) atoms. The topological polar surface area (TPSA) is 25.8 Å². The van der Waals surface area contributed by atoms with Gasteiger partial charge in [0.05, 0.1) is 27.0 Å². The van der Waals surface area contributed by atoms with Gasteiger partial charge in [0, 0.05) is 11.8 Å². The Morgan fingerprint density at radius 1 is 0.489 bits per heavy atom. The van der Waals surface area contributed by atoms with Crippen LogP contribution < -0.4 is 0 Å². The molecule has 0 fully saturated rings. The van der Waals surface area contributed by atoms with Crippen LogP contribution in [0.25, 0.3) is 65.1 Å². The largest absolute Gasteiger partial charge is 0.416 e. The Kier molecular flexibility index (Phi) is 6.93. The van der Waals surface area contributed by atoms with E-state index < -0.39 is 23.5 Å². The molecule has 0 aliphatic carbocycles. The fourth-order valence-corrected chi connectivity index (χ4v) is 6.20. The van der Waals surface area contributed by atoms with Crippen LogP contribution in [-0.4, -0.2) is 9.97 Å². The molecule has 0 bridgehead atoms. The van der Waals surface area contributed by atoms with E-state index in [0.717, 1.165) is 66.1 Å². The molecule has 0 saturated carbocycles. The lowest BCUT2D eigenvalue weighted by molar-refractivity contribution is -0.143. The summed E-state index contributed by atoms with van der Waals surface area (Å²) in [5, 5.41) is 2.85. The van der Waals surface area contributed by atoms with E-state index in [2.05, 4.69) is 16.0 Å². The van der Waals surface area contributed by atoms with Crippen molar-refractivity contribution in [2.45, 2.75) is 12.4 Å². The summed E-state index contributed by atoms with van der Waals surface area (Å²) in [6, 6.07) is 32.0. The van der Waals surface area contributed by atoms with Crippen molar-refractivity contribution in [2.75, 3.05) is 0 Å². The SMILES string of the molecule is FC(F)(F)c1cc(-c2ccc(-c3ccc4cc(-c5ccc(-c6nc7ccccc7s6)nc5)ccc4c3)cc2)cc(C(F)(F)F)c1. The van der Waals surface area contributed by atoms with Crippen LogP contribution in [-0.2, 0) is 12.4 Å². The number of nitrogens with zero attached hydrogens (tertiary/aromatic N) is 2. The molecule has 0 atom stereocenters. The lowest BCUT2D eigenvalue weighted by Gasteiger charge is -2.14. The van der Waals surface area contributed by atoms with Gasteiger partial charge in [0.15, 0.2) is 0 Å². The third kappa shape index (κ3) is 5.79. The lowest BCUT2D eigenvalue weighted by atomic mass is 9.95. The van der Waals surface area contributed by atoms with E-state index in [1.54, 1.807) is 23.5 Å². The summed E-state index contributed by atoms with van der Waals surface area (Å²) in [6.45, 7) is 0. The van der Waals surface area contributed by atoms with Crippen molar-refractivity contribution >= 4 is 32.3 Å². The minimum absolute atomic E-state index is 0.133. The Labute approximate surface area is 257 Å². The minimum Gasteiger partial charge on any atom is -0.253 e. The van der Waals surface area contributed by atoms with Gasteiger partial charge in [-0.25, -0.2) is 4.98 Å². The number of aromatic nitrogens is 2. The third-order valence-electron chi connectivity index (χ3n) is 7.59. The summed E-state index contributed by atoms with van der Waals surface area (Å²) in [5.41, 5.74) is 2.78. The van der Waals surface area contributed by atoms with Gasteiger partial charge in [0.1, 0.15) is 5.01 Å². The first kappa shape index (κ1) is 28.7. The molecule has 0 N–H and O–H groups in total. The van der Waals surface area contributed by atoms with Gasteiger partial charge < -0.3 is 0 Å². The molecule has 9 heteroatoms. The highest BCUT2D eigenvalue weighted by Gasteiger charge is 2.37. The molecule has 2 aromatic heterocycles. The first-order chi connectivity index (χ1) is 21.5. The molecule has 2 heterocycles. The Hall–Kier alpha value is -5.02. The van der Waals surface area contributed by atoms with Crippen molar-refractivity contribution in [3.8, 4) is 44.1 Å². The molecule has 0 amide bonds. The number of para-hydroxylation sites is 1. The number of rotatable bonds is 4. The van der Waals surface area contributed by atoms with Gasteiger partial charge in [0.25, 0.3) is 0 Å². The molecule has 5 aromatic carbocycles. The molecule has 0 radical (unpaired) electrons. The number of halogens is 6. The molecule has 222 valence electrons. The monoisotopic (exact) mass is 626 g/mol. The molecule has 0 aliphatic rings. The van der Waals surface area contributed by atoms with Crippen LogP contribution >= 0.6 is 11.3 Å². The van der Waals surface area contributed by atoms with Crippen LogP contribution in [0.4, 0.5) is 26.3 Å². The zero-order valence-corrected chi connectivity index (χ0v) is 23.9. The van der Waals surface area contributed by atoms with E-state index in [9.17, 15) is 26.3 Å². The molecule has 0 unspecified atom stereocenters. The maximum absolute atomic E-state index is 13.3. The number of benzene rings is 5. The number of hydrogen-bond acceptors (Lipinski definition) is 3. The molecule has 7 rings (SSSR count). The van der Waals surface area contributed by atoms with Gasteiger partial charge in [-0.1, -0.05) is 66.7 Å². The highest BCUT2D eigenvalue weighted by atomic mass is 32.1. The second-order valence-corrected chi connectivity index (χ2v) is 11.6. The quantitative estimate of drug-likeness (QED) is 0.182. The summed E-state index contributed by atoms with van der Waals surface area (Å²) in [4.78, 5) is 9.33. The van der Waals surface area contributed by atoms with Gasteiger partial charge in [-0.05, 0) is 87.1 Å². The van der Waals surface area contributed by atoms with Crippen molar-refractivity contribution in [2.24, 2.45) is 0 Å². The van der Waals surface area contributed by atoms with Gasteiger partial charge in [0.2, 0.25) is 0 Å². The van der Waals surface area contributed by atoms with E-state index >= 15 is 0 Å². The van der Waals surface area contributed by atoms with Gasteiger partial charge >= 0.3 is 12.4 Å². The second kappa shape index (κ2) is 10.9. The number of fused-ring (bicyclic) bond motifs is 2. The summed E-state index contributed by atoms with van der Waals surface area (Å²) in [5.74, 6) is 0. The van der Waals surface area contributed by atoms with Crippen LogP contribution in [0.3, 0.4) is 0 Å². The normalized spacial score (nSPS) is 12.2. The molecule has 7 aromatic rings. The summed E-state index contributed by atoms with van der Waals surface area (Å²) >= 11 is 1.60. The molecule has 0 aliphatic heterocycles. The van der Waals surface area contributed by atoms with Crippen LogP contribution in [0.2, 0.25) is 0 Å². The molecule has 0 saturated heterocycles. The highest BCUT2D eigenvalue weighted by molar-refractivity contribution is 7.21. The number of pyridine rings is 1. The van der Waals surface area contributed by atoms with Crippen molar-refractivity contribution < 1.29 is 26.3 Å². The maximum Gasteiger partial charge on any atom is 0.416 e. The number of alkyl halides is 6. The Morgan fingerprint density at radius 2 is 1.02 bits per heavy atom. The zero-order chi connectivity index (χ0) is 31.3. The van der Waals surface area contributed by atoms with E-state index in [4.69, 9.17) is 0 Å². The smallest absolute Gasteiger partial charge is 0.253 e. The fraction of sp³-hybridized carbons (Fsp3) is 0.0556. The molecule has 2 nitrogen and oxygen atoms in total. The molecular weight excluding hydrogens is 606 g/mol. The van der Waals surface area contributed by atoms with E-state index in [-0.39, 0.29) is 17.2 Å². The van der Waals surface area contributed by atoms with E-state index in [1.807, 2.05) is 72.9 Å². The average Bonchev–Trinajstić information content (AvgIpc) is 3.48. The van der Waals surface area contributed by atoms with E-state index in [0.29, 0.717) is 0 Å². The van der Waals surface area contributed by atoms with Gasteiger partial charge in [-0.2, -0.15) is 26.3 Å². The highest BCUT2D eigenvalue weighted by Crippen LogP contribution is 2.39. The van der Waals surface area contributed by atoms with E-state index in [1.165, 1.54) is 12.1 Å². The molecule has 0 spiro atoms. The minimum atomic E-state index is -4.90. The standard InChI is InChI=1S/C36H20F6N2S/c37-35(38,39)29-17-28(18-30(19-29)36(40,41)42)22-7-5-21(6-8-22)23-9-10-25-16-26(12-11-24(25)15-23)27-13-14-32(43-20-27)34-44-31-3-1-2-4-33(31)45-34/h1-20H. The second-order valence-electron chi connectivity index (χ2n) is 10.6. The Morgan fingerprint density at radius 3 is 1.58 bits per heavy atom. The predicted octanol–water partition coefficient (Wildman–Crippen LogP) is 11.6. The summed E-state index contributed by atoms with van der Waals surface area (Å²) < 4.78 is 81.1. The van der Waals surface area contributed by atoms with Gasteiger partial charge in [-0.3, -0.25) is 4.98 Å². The zero-order valence-electron chi connectivity index (χ0n) is 23.1. The van der Waals surface area contributed by atoms with Crippen molar-refractivity contribution in [1.29, 1.82) is 0 Å². The fourth-order valence-electron chi connectivity index (χ4n) is 5.25. The van der Waals surface area contributed by atoms with Crippen LogP contribution in [0, 0.1) is 0 Å². The summed E-state index contributed by atoms with van der Waals surface area (Å²) in [7, 11) is 0. The lowest BCUT2D eigenvalue weighted by Crippen LogP contribution is -2.11. The first-order valence-corrected chi connectivity index (χ1v) is 14.6. The number of thiazole rings is 1. The maximum atomic E-state index is 13.3. The first-order valence-electron chi connectivity index (χ1n) is 13.8. The van der Waals surface area contributed by atoms with Gasteiger partial charge in [-0.15, -0.1) is 11.3 Å². The number of hydrogen-bond donors (Lipinski definition) is 0. The third-order valence-corrected chi connectivity index (χ3v) is 8.65. The molecular formula is C36H20F6N2S. The van der Waals surface area contributed by atoms with Crippen molar-refractivity contribution in [3.05, 3.63) is 133 Å².